The Bertz CT molecular complexity index is 1550. The van der Waals surface area contributed by atoms with Gasteiger partial charge in [-0.3, -0.25) is 4.79 Å². The highest BCUT2D eigenvalue weighted by Crippen LogP contribution is 2.29. The largest absolute Gasteiger partial charge is 0.503 e. The van der Waals surface area contributed by atoms with Gasteiger partial charge in [0.05, 0.1) is 13.1 Å². The maximum absolute atomic E-state index is 13.1. The van der Waals surface area contributed by atoms with Crippen LogP contribution in [0.1, 0.15) is 55.3 Å². The molecular formula is C29H37ClN8O3+2. The fourth-order valence-corrected chi connectivity index (χ4v) is 5.73. The molecule has 0 atom stereocenters. The summed E-state index contributed by atoms with van der Waals surface area (Å²) in [5.41, 5.74) is 13.7. The quantitative estimate of drug-likeness (QED) is 0.210. The second kappa shape index (κ2) is 12.6. The number of hydrogen-bond acceptors (Lipinski definition) is 7. The smallest absolute Gasteiger partial charge is 0.277 e. The van der Waals surface area contributed by atoms with Crippen LogP contribution in [-0.2, 0) is 26.2 Å². The van der Waals surface area contributed by atoms with Crippen LogP contribution in [0.15, 0.2) is 42.7 Å². The summed E-state index contributed by atoms with van der Waals surface area (Å²) >= 11 is 6.01. The summed E-state index contributed by atoms with van der Waals surface area (Å²) in [4.78, 5) is 21.1. The van der Waals surface area contributed by atoms with Crippen LogP contribution in [0, 0.1) is 5.92 Å². The lowest BCUT2D eigenvalue weighted by Crippen LogP contribution is -2.41. The van der Waals surface area contributed by atoms with E-state index in [0.29, 0.717) is 19.1 Å². The van der Waals surface area contributed by atoms with Crippen molar-refractivity contribution in [1.29, 1.82) is 0 Å². The van der Waals surface area contributed by atoms with Gasteiger partial charge in [-0.15, -0.1) is 0 Å². The number of benzene rings is 1. The van der Waals surface area contributed by atoms with Gasteiger partial charge in [0.25, 0.3) is 11.7 Å². The van der Waals surface area contributed by atoms with Crippen molar-refractivity contribution in [1.82, 2.24) is 19.9 Å². The molecule has 1 saturated carbocycles. The van der Waals surface area contributed by atoms with E-state index >= 15 is 0 Å². The van der Waals surface area contributed by atoms with E-state index in [1.807, 2.05) is 16.8 Å². The standard InChI is InChI=1S/C29H35ClN8O3/c1-2-37-22-11-10-21(41-14-13-36-12-6-9-20(39)18-36)15-23(22)38(17-19-7-4-3-5-8-19)24(37)16-33-29(40)25-27(31)35-28(32)26(30)34-25/h6,9-12,15,18-19H,2-5,7-8,13-14,16-17H2,1H3,(H4-2,31,32,33,35,39,40)/p+2. The normalized spacial score (nSPS) is 13.9. The Hall–Kier alpha value is -4.12. The first-order chi connectivity index (χ1) is 19.8. The van der Waals surface area contributed by atoms with Crippen molar-refractivity contribution in [2.45, 2.75) is 65.2 Å². The number of rotatable bonds is 10. The number of carbonyl (C=O) groups is 1. The van der Waals surface area contributed by atoms with Crippen molar-refractivity contribution in [3.05, 3.63) is 59.4 Å². The van der Waals surface area contributed by atoms with Crippen LogP contribution < -0.4 is 30.7 Å². The molecule has 6 N–H and O–H groups in total. The molecule has 12 heteroatoms. The molecule has 216 valence electrons. The van der Waals surface area contributed by atoms with E-state index in [1.165, 1.54) is 32.1 Å². The Kier molecular flexibility index (Phi) is 8.72. The fourth-order valence-electron chi connectivity index (χ4n) is 5.60. The van der Waals surface area contributed by atoms with Gasteiger partial charge >= 0.3 is 0 Å². The zero-order valence-electron chi connectivity index (χ0n) is 23.2. The zero-order chi connectivity index (χ0) is 28.9. The highest BCUT2D eigenvalue weighted by molar-refractivity contribution is 6.31. The molecule has 1 amide bonds. The van der Waals surface area contributed by atoms with Gasteiger partial charge in [-0.05, 0) is 43.9 Å². The Morgan fingerprint density at radius 1 is 1.20 bits per heavy atom. The number of nitrogen functional groups attached to an aromatic ring is 2. The molecule has 5 rings (SSSR count). The van der Waals surface area contributed by atoms with Crippen LogP contribution in [0.25, 0.3) is 11.0 Å². The van der Waals surface area contributed by atoms with Gasteiger partial charge in [0.2, 0.25) is 6.20 Å². The number of aryl methyl sites for hydroxylation is 1. The first kappa shape index (κ1) is 28.4. The number of amides is 1. The third-order valence-corrected chi connectivity index (χ3v) is 7.90. The van der Waals surface area contributed by atoms with Gasteiger partial charge in [0, 0.05) is 12.1 Å². The summed E-state index contributed by atoms with van der Waals surface area (Å²) < 4.78 is 12.5. The lowest BCUT2D eigenvalue weighted by atomic mass is 9.89. The monoisotopic (exact) mass is 580 g/mol. The third kappa shape index (κ3) is 6.45. The molecule has 0 spiro atoms. The number of nitrogens with zero attached hydrogens (tertiary/aromatic N) is 5. The maximum atomic E-state index is 13.1. The van der Waals surface area contributed by atoms with Crippen LogP contribution in [0.4, 0.5) is 11.6 Å². The molecule has 1 aliphatic carbocycles. The van der Waals surface area contributed by atoms with Crippen LogP contribution in [-0.4, -0.2) is 32.2 Å². The molecule has 1 aliphatic rings. The van der Waals surface area contributed by atoms with E-state index in [-0.39, 0.29) is 34.8 Å². The molecule has 1 fully saturated rings. The van der Waals surface area contributed by atoms with E-state index in [9.17, 15) is 9.90 Å². The summed E-state index contributed by atoms with van der Waals surface area (Å²) in [6.45, 7) is 4.99. The van der Waals surface area contributed by atoms with Crippen molar-refractivity contribution in [3.8, 4) is 11.5 Å². The maximum Gasteiger partial charge on any atom is 0.277 e. The molecule has 4 aromatic rings. The van der Waals surface area contributed by atoms with Crippen molar-refractivity contribution >= 4 is 40.2 Å². The first-order valence-corrected chi connectivity index (χ1v) is 14.4. The van der Waals surface area contributed by atoms with Gasteiger partial charge in [0.1, 0.15) is 18.9 Å². The second-order valence-electron chi connectivity index (χ2n) is 10.4. The number of nitrogens with one attached hydrogen (secondary N) is 1. The van der Waals surface area contributed by atoms with Gasteiger partial charge in [0.15, 0.2) is 52.0 Å². The number of imidazole rings is 1. The minimum absolute atomic E-state index is 0.0179. The number of hydrogen-bond donors (Lipinski definition) is 4. The number of ether oxygens (including phenoxy) is 1. The molecule has 0 aliphatic heterocycles. The van der Waals surface area contributed by atoms with E-state index in [0.717, 1.165) is 35.7 Å². The van der Waals surface area contributed by atoms with Gasteiger partial charge in [-0.25, -0.2) is 19.1 Å². The highest BCUT2D eigenvalue weighted by atomic mass is 35.5. The molecule has 0 unspecified atom stereocenters. The zero-order valence-corrected chi connectivity index (χ0v) is 24.0. The SMILES string of the molecule is CC[n+]1c(CNC(=O)c2nc(Cl)c(N)nc2N)n(CC2CCCCC2)c2cc(OCC[n+]3cccc(O)c3)ccc21. The fraction of sp³-hybridized carbons (Fsp3) is 0.414. The van der Waals surface area contributed by atoms with Gasteiger partial charge < -0.3 is 26.6 Å². The molecule has 11 nitrogen and oxygen atoms in total. The molecule has 0 radical (unpaired) electrons. The Labute approximate surface area is 243 Å². The summed E-state index contributed by atoms with van der Waals surface area (Å²) in [5.74, 6) is 1.95. The lowest BCUT2D eigenvalue weighted by Gasteiger charge is -2.20. The second-order valence-corrected chi connectivity index (χ2v) is 10.7. The average Bonchev–Trinajstić information content (AvgIpc) is 3.25. The van der Waals surface area contributed by atoms with Crippen LogP contribution in [0.2, 0.25) is 5.15 Å². The number of nitrogens with two attached hydrogens (primary N) is 2. The van der Waals surface area contributed by atoms with E-state index in [2.05, 4.69) is 43.5 Å². The Morgan fingerprint density at radius 2 is 2.00 bits per heavy atom. The third-order valence-electron chi connectivity index (χ3n) is 7.62. The minimum Gasteiger partial charge on any atom is -0.503 e. The molecular weight excluding hydrogens is 544 g/mol. The number of aromatic hydroxyl groups is 1. The Balaban J connectivity index is 1.43. The number of halogens is 1. The van der Waals surface area contributed by atoms with Crippen LogP contribution in [0.5, 0.6) is 11.5 Å². The van der Waals surface area contributed by atoms with Crippen molar-refractivity contribution < 1.29 is 23.8 Å². The number of carbonyl (C=O) groups excluding carboxylic acids is 1. The van der Waals surface area contributed by atoms with Crippen LogP contribution in [0.3, 0.4) is 0 Å². The predicted octanol–water partition coefficient (Wildman–Crippen LogP) is 3.14. The molecule has 1 aromatic carbocycles. The summed E-state index contributed by atoms with van der Waals surface area (Å²) in [7, 11) is 0. The molecule has 0 saturated heterocycles. The van der Waals surface area contributed by atoms with Crippen molar-refractivity contribution in [2.24, 2.45) is 5.92 Å². The molecule has 3 heterocycles. The van der Waals surface area contributed by atoms with Crippen molar-refractivity contribution in [3.63, 3.8) is 0 Å². The van der Waals surface area contributed by atoms with Crippen LogP contribution >= 0.6 is 11.6 Å². The van der Waals surface area contributed by atoms with E-state index < -0.39 is 5.91 Å². The topological polar surface area (TPSA) is 149 Å². The summed E-state index contributed by atoms with van der Waals surface area (Å²) in [5, 5.41) is 12.6. The number of pyridine rings is 1. The van der Waals surface area contributed by atoms with Crippen molar-refractivity contribution in [2.75, 3.05) is 18.1 Å². The number of anilines is 2. The molecule has 0 bridgehead atoms. The number of aromatic nitrogens is 5. The average molecular weight is 581 g/mol. The van der Waals surface area contributed by atoms with E-state index in [4.69, 9.17) is 27.8 Å². The summed E-state index contributed by atoms with van der Waals surface area (Å²) in [6, 6.07) is 9.56. The van der Waals surface area contributed by atoms with Gasteiger partial charge in [-0.2, -0.15) is 4.57 Å². The molecule has 3 aromatic heterocycles. The number of fused-ring (bicyclic) bond motifs is 1. The summed E-state index contributed by atoms with van der Waals surface area (Å²) in [6.07, 6.45) is 9.69. The predicted molar refractivity (Wildman–Crippen MR) is 155 cm³/mol. The first-order valence-electron chi connectivity index (χ1n) is 14.1. The molecule has 41 heavy (non-hydrogen) atoms. The highest BCUT2D eigenvalue weighted by Gasteiger charge is 2.28. The van der Waals surface area contributed by atoms with E-state index in [1.54, 1.807) is 18.3 Å². The Morgan fingerprint density at radius 3 is 2.76 bits per heavy atom. The van der Waals surface area contributed by atoms with Gasteiger partial charge in [-0.1, -0.05) is 30.9 Å². The lowest BCUT2D eigenvalue weighted by molar-refractivity contribution is -0.697. The minimum atomic E-state index is -0.470.